The van der Waals surface area contributed by atoms with Gasteiger partial charge < -0.3 is 15.7 Å². The van der Waals surface area contributed by atoms with Gasteiger partial charge in [-0.25, -0.2) is 4.79 Å². The summed E-state index contributed by atoms with van der Waals surface area (Å²) in [7, 11) is 0. The summed E-state index contributed by atoms with van der Waals surface area (Å²) in [5.41, 5.74) is 0. The number of aliphatic carboxylic acids is 1. The van der Waals surface area contributed by atoms with Gasteiger partial charge in [0.15, 0.2) is 0 Å². The Labute approximate surface area is 105 Å². The van der Waals surface area contributed by atoms with E-state index in [0.717, 1.165) is 18.6 Å². The van der Waals surface area contributed by atoms with Crippen molar-refractivity contribution in [3.05, 3.63) is 0 Å². The van der Waals surface area contributed by atoms with Gasteiger partial charge in [-0.15, -0.1) is 0 Å². The molecule has 2 saturated heterocycles. The molecule has 2 rings (SSSR count). The minimum absolute atomic E-state index is 0.0656. The standard InChI is InChI=1S/C11H18N2O3S/c1-6(10(14)15)3-2-4-8-9-7(5-17-8)12-11(16)13-9/h6-9H,2-5H2,1H3,(H,14,15)(H2,12,13,16)/t6-,7+,8+,9+/m1/s1. The topological polar surface area (TPSA) is 78.4 Å². The monoisotopic (exact) mass is 258 g/mol. The van der Waals surface area contributed by atoms with Crippen LogP contribution in [0.1, 0.15) is 26.2 Å². The number of amides is 2. The third-order valence-corrected chi connectivity index (χ3v) is 4.99. The minimum Gasteiger partial charge on any atom is -0.481 e. The summed E-state index contributed by atoms with van der Waals surface area (Å²) in [5, 5.41) is 15.1. The molecule has 3 N–H and O–H groups in total. The van der Waals surface area contributed by atoms with E-state index in [1.54, 1.807) is 6.92 Å². The first-order chi connectivity index (χ1) is 8.08. The van der Waals surface area contributed by atoms with Crippen LogP contribution in [0.15, 0.2) is 0 Å². The maximum Gasteiger partial charge on any atom is 0.315 e. The lowest BCUT2D eigenvalue weighted by Gasteiger charge is -2.17. The molecule has 2 heterocycles. The van der Waals surface area contributed by atoms with Crippen molar-refractivity contribution in [3.63, 3.8) is 0 Å². The van der Waals surface area contributed by atoms with Crippen LogP contribution in [0.25, 0.3) is 0 Å². The van der Waals surface area contributed by atoms with Gasteiger partial charge in [-0.2, -0.15) is 11.8 Å². The Hall–Kier alpha value is -0.910. The first-order valence-electron chi connectivity index (χ1n) is 5.99. The van der Waals surface area contributed by atoms with Gasteiger partial charge >= 0.3 is 12.0 Å². The molecular formula is C11H18N2O3S. The van der Waals surface area contributed by atoms with Gasteiger partial charge in [0.1, 0.15) is 0 Å². The maximum atomic E-state index is 11.2. The fraction of sp³-hybridized carbons (Fsp3) is 0.818. The number of urea groups is 1. The fourth-order valence-corrected chi connectivity index (χ4v) is 3.94. The highest BCUT2D eigenvalue weighted by atomic mass is 32.2. The minimum atomic E-state index is -0.724. The molecule has 5 nitrogen and oxygen atoms in total. The number of nitrogens with one attached hydrogen (secondary N) is 2. The Morgan fingerprint density at radius 1 is 1.59 bits per heavy atom. The lowest BCUT2D eigenvalue weighted by molar-refractivity contribution is -0.141. The zero-order chi connectivity index (χ0) is 12.4. The number of carboxylic acid groups (broad SMARTS) is 1. The molecule has 2 aliphatic rings. The van der Waals surface area contributed by atoms with Crippen LogP contribution in [0, 0.1) is 5.92 Å². The van der Waals surface area contributed by atoms with E-state index in [-0.39, 0.29) is 24.0 Å². The number of hydrogen-bond acceptors (Lipinski definition) is 3. The zero-order valence-corrected chi connectivity index (χ0v) is 10.6. The van der Waals surface area contributed by atoms with E-state index in [9.17, 15) is 9.59 Å². The third kappa shape index (κ3) is 2.86. The van der Waals surface area contributed by atoms with Crippen molar-refractivity contribution in [3.8, 4) is 0 Å². The molecule has 0 aromatic rings. The molecule has 2 fully saturated rings. The highest BCUT2D eigenvalue weighted by Crippen LogP contribution is 2.33. The fourth-order valence-electron chi connectivity index (χ4n) is 2.39. The number of fused-ring (bicyclic) bond motifs is 1. The second kappa shape index (κ2) is 5.16. The first kappa shape index (κ1) is 12.5. The molecule has 0 saturated carbocycles. The second-order valence-corrected chi connectivity index (χ2v) is 6.06. The summed E-state index contributed by atoms with van der Waals surface area (Å²) in [4.78, 5) is 21.8. The van der Waals surface area contributed by atoms with Gasteiger partial charge in [0, 0.05) is 11.0 Å². The van der Waals surface area contributed by atoms with Crippen molar-refractivity contribution in [2.24, 2.45) is 5.92 Å². The number of carbonyl (C=O) groups is 2. The van der Waals surface area contributed by atoms with E-state index in [1.807, 2.05) is 11.8 Å². The van der Waals surface area contributed by atoms with E-state index >= 15 is 0 Å². The quantitative estimate of drug-likeness (QED) is 0.644. The van der Waals surface area contributed by atoms with Crippen molar-refractivity contribution >= 4 is 23.8 Å². The normalized spacial score (nSPS) is 32.8. The molecule has 0 aromatic carbocycles. The Kier molecular flexibility index (Phi) is 3.81. The largest absolute Gasteiger partial charge is 0.481 e. The highest BCUT2D eigenvalue weighted by molar-refractivity contribution is 8.00. The molecule has 6 heteroatoms. The predicted molar refractivity (Wildman–Crippen MR) is 66.1 cm³/mol. The van der Waals surface area contributed by atoms with Crippen LogP contribution in [-0.4, -0.2) is 40.2 Å². The van der Waals surface area contributed by atoms with Crippen LogP contribution in [0.5, 0.6) is 0 Å². The molecule has 2 amide bonds. The Morgan fingerprint density at radius 2 is 2.35 bits per heavy atom. The molecule has 2 aliphatic heterocycles. The van der Waals surface area contributed by atoms with Gasteiger partial charge in [-0.3, -0.25) is 4.79 Å². The van der Waals surface area contributed by atoms with Crippen LogP contribution in [0.2, 0.25) is 0 Å². The lowest BCUT2D eigenvalue weighted by atomic mass is 9.99. The van der Waals surface area contributed by atoms with Crippen LogP contribution in [-0.2, 0) is 4.79 Å². The first-order valence-corrected chi connectivity index (χ1v) is 7.04. The van der Waals surface area contributed by atoms with Crippen molar-refractivity contribution < 1.29 is 14.7 Å². The SMILES string of the molecule is C[C@H](CCC[C@@H]1SC[C@@H]2NC(=O)N[C@@H]21)C(=O)O. The number of rotatable bonds is 5. The van der Waals surface area contributed by atoms with Crippen molar-refractivity contribution in [2.75, 3.05) is 5.75 Å². The molecule has 96 valence electrons. The average Bonchev–Trinajstić information content (AvgIpc) is 2.78. The molecule has 0 aliphatic carbocycles. The van der Waals surface area contributed by atoms with Gasteiger partial charge in [0.05, 0.1) is 18.0 Å². The Balaban J connectivity index is 1.73. The van der Waals surface area contributed by atoms with E-state index in [2.05, 4.69) is 10.6 Å². The summed E-state index contributed by atoms with van der Waals surface area (Å²) in [6.07, 6.45) is 2.60. The molecule has 0 aromatic heterocycles. The number of carbonyl (C=O) groups excluding carboxylic acids is 1. The summed E-state index contributed by atoms with van der Waals surface area (Å²) in [6, 6.07) is 0.422. The smallest absolute Gasteiger partial charge is 0.315 e. The molecular weight excluding hydrogens is 240 g/mol. The molecule has 0 spiro atoms. The number of thioether (sulfide) groups is 1. The van der Waals surface area contributed by atoms with E-state index < -0.39 is 5.97 Å². The van der Waals surface area contributed by atoms with E-state index in [4.69, 9.17) is 5.11 Å². The summed E-state index contributed by atoms with van der Waals surface area (Å²) < 4.78 is 0. The van der Waals surface area contributed by atoms with Crippen LogP contribution in [0.3, 0.4) is 0 Å². The number of carboxylic acids is 1. The van der Waals surface area contributed by atoms with Crippen molar-refractivity contribution in [1.29, 1.82) is 0 Å². The van der Waals surface area contributed by atoms with Gasteiger partial charge in [0.25, 0.3) is 0 Å². The maximum absolute atomic E-state index is 11.2. The summed E-state index contributed by atoms with van der Waals surface area (Å²) in [5.74, 6) is -0.0333. The van der Waals surface area contributed by atoms with Crippen LogP contribution < -0.4 is 10.6 Å². The number of hydrogen-bond donors (Lipinski definition) is 3. The highest BCUT2D eigenvalue weighted by Gasteiger charge is 2.42. The molecule has 0 unspecified atom stereocenters. The second-order valence-electron chi connectivity index (χ2n) is 4.79. The molecule has 17 heavy (non-hydrogen) atoms. The lowest BCUT2D eigenvalue weighted by Crippen LogP contribution is -2.36. The van der Waals surface area contributed by atoms with E-state index in [1.165, 1.54) is 0 Å². The van der Waals surface area contributed by atoms with Crippen molar-refractivity contribution in [2.45, 2.75) is 43.5 Å². The van der Waals surface area contributed by atoms with Gasteiger partial charge in [-0.05, 0) is 12.8 Å². The Bertz CT molecular complexity index is 324. The van der Waals surface area contributed by atoms with Gasteiger partial charge in [-0.1, -0.05) is 13.3 Å². The molecule has 0 radical (unpaired) electrons. The molecule has 4 atom stereocenters. The Morgan fingerprint density at radius 3 is 3.06 bits per heavy atom. The third-order valence-electron chi connectivity index (χ3n) is 3.49. The van der Waals surface area contributed by atoms with E-state index in [0.29, 0.717) is 11.7 Å². The summed E-state index contributed by atoms with van der Waals surface area (Å²) >= 11 is 1.87. The van der Waals surface area contributed by atoms with Gasteiger partial charge in [0.2, 0.25) is 0 Å². The van der Waals surface area contributed by atoms with Crippen LogP contribution in [0.4, 0.5) is 4.79 Å². The predicted octanol–water partition coefficient (Wildman–Crippen LogP) is 1.04. The summed E-state index contributed by atoms with van der Waals surface area (Å²) in [6.45, 7) is 1.74. The zero-order valence-electron chi connectivity index (χ0n) is 9.81. The molecule has 0 bridgehead atoms. The van der Waals surface area contributed by atoms with Crippen molar-refractivity contribution in [1.82, 2.24) is 10.6 Å². The average molecular weight is 258 g/mol. The van der Waals surface area contributed by atoms with Crippen LogP contribution >= 0.6 is 11.8 Å².